The zero-order valence-electron chi connectivity index (χ0n) is 9.95. The Morgan fingerprint density at radius 2 is 2.25 bits per heavy atom. The SMILES string of the molecule is Cc1c(CCCO)cnn1C1CCNCC1. The van der Waals surface area contributed by atoms with Crippen LogP contribution in [-0.4, -0.2) is 34.6 Å². The van der Waals surface area contributed by atoms with Gasteiger partial charge in [0.2, 0.25) is 0 Å². The van der Waals surface area contributed by atoms with E-state index in [1.165, 1.54) is 24.1 Å². The van der Waals surface area contributed by atoms with E-state index in [0.29, 0.717) is 6.04 Å². The Bertz CT molecular complexity index is 329. The third-order valence-corrected chi connectivity index (χ3v) is 3.41. The first-order chi connectivity index (χ1) is 7.83. The maximum Gasteiger partial charge on any atom is 0.0546 e. The summed E-state index contributed by atoms with van der Waals surface area (Å²) in [7, 11) is 0. The molecule has 0 saturated carbocycles. The molecule has 90 valence electrons. The Morgan fingerprint density at radius 1 is 1.50 bits per heavy atom. The summed E-state index contributed by atoms with van der Waals surface area (Å²) >= 11 is 0. The van der Waals surface area contributed by atoms with Crippen LogP contribution in [-0.2, 0) is 6.42 Å². The van der Waals surface area contributed by atoms with Gasteiger partial charge in [0.15, 0.2) is 0 Å². The van der Waals surface area contributed by atoms with Crippen LogP contribution in [0.3, 0.4) is 0 Å². The van der Waals surface area contributed by atoms with Crippen molar-refractivity contribution >= 4 is 0 Å². The second kappa shape index (κ2) is 5.46. The molecule has 1 aliphatic heterocycles. The topological polar surface area (TPSA) is 50.1 Å². The van der Waals surface area contributed by atoms with E-state index in [0.717, 1.165) is 25.9 Å². The van der Waals surface area contributed by atoms with Gasteiger partial charge in [0.05, 0.1) is 12.2 Å². The number of nitrogens with zero attached hydrogens (tertiary/aromatic N) is 2. The van der Waals surface area contributed by atoms with Gasteiger partial charge < -0.3 is 10.4 Å². The Balaban J connectivity index is 2.06. The molecule has 0 aromatic carbocycles. The molecule has 4 heteroatoms. The smallest absolute Gasteiger partial charge is 0.0546 e. The Morgan fingerprint density at radius 3 is 2.94 bits per heavy atom. The summed E-state index contributed by atoms with van der Waals surface area (Å²) < 4.78 is 2.17. The van der Waals surface area contributed by atoms with Crippen LogP contribution in [0, 0.1) is 6.92 Å². The van der Waals surface area contributed by atoms with E-state index in [9.17, 15) is 0 Å². The molecule has 0 radical (unpaired) electrons. The van der Waals surface area contributed by atoms with E-state index in [1.807, 2.05) is 6.20 Å². The van der Waals surface area contributed by atoms with Crippen molar-refractivity contribution < 1.29 is 5.11 Å². The summed E-state index contributed by atoms with van der Waals surface area (Å²) in [5.41, 5.74) is 2.56. The highest BCUT2D eigenvalue weighted by molar-refractivity contribution is 5.17. The number of aliphatic hydroxyl groups excluding tert-OH is 1. The van der Waals surface area contributed by atoms with Gasteiger partial charge in [-0.05, 0) is 51.3 Å². The minimum Gasteiger partial charge on any atom is -0.396 e. The predicted molar refractivity (Wildman–Crippen MR) is 63.5 cm³/mol. The predicted octanol–water partition coefficient (Wildman–Crippen LogP) is 1.04. The third-order valence-electron chi connectivity index (χ3n) is 3.41. The number of aryl methyl sites for hydroxylation is 1. The molecule has 2 heterocycles. The lowest BCUT2D eigenvalue weighted by Crippen LogP contribution is -2.30. The van der Waals surface area contributed by atoms with Crippen molar-refractivity contribution in [2.45, 2.75) is 38.6 Å². The number of piperidine rings is 1. The second-order valence-corrected chi connectivity index (χ2v) is 4.51. The second-order valence-electron chi connectivity index (χ2n) is 4.51. The number of hydrogen-bond acceptors (Lipinski definition) is 3. The lowest BCUT2D eigenvalue weighted by molar-refractivity contribution is 0.288. The normalized spacial score (nSPS) is 17.9. The van der Waals surface area contributed by atoms with Crippen molar-refractivity contribution in [3.8, 4) is 0 Å². The molecule has 1 fully saturated rings. The van der Waals surface area contributed by atoms with E-state index >= 15 is 0 Å². The fourth-order valence-electron chi connectivity index (χ4n) is 2.39. The van der Waals surface area contributed by atoms with Gasteiger partial charge in [-0.2, -0.15) is 5.10 Å². The van der Waals surface area contributed by atoms with Crippen LogP contribution >= 0.6 is 0 Å². The van der Waals surface area contributed by atoms with Crippen LogP contribution in [0.1, 0.15) is 36.6 Å². The van der Waals surface area contributed by atoms with Gasteiger partial charge in [0.1, 0.15) is 0 Å². The molecule has 4 nitrogen and oxygen atoms in total. The first-order valence-electron chi connectivity index (χ1n) is 6.17. The fourth-order valence-corrected chi connectivity index (χ4v) is 2.39. The zero-order valence-corrected chi connectivity index (χ0v) is 9.95. The molecule has 1 aromatic heterocycles. The van der Waals surface area contributed by atoms with E-state index in [4.69, 9.17) is 5.11 Å². The van der Waals surface area contributed by atoms with Crippen LogP contribution in [0.15, 0.2) is 6.20 Å². The summed E-state index contributed by atoms with van der Waals surface area (Å²) in [4.78, 5) is 0. The molecule has 1 saturated heterocycles. The van der Waals surface area contributed by atoms with E-state index < -0.39 is 0 Å². The number of aliphatic hydroxyl groups is 1. The van der Waals surface area contributed by atoms with Crippen molar-refractivity contribution in [1.29, 1.82) is 0 Å². The van der Waals surface area contributed by atoms with Gasteiger partial charge in [0, 0.05) is 12.3 Å². The van der Waals surface area contributed by atoms with Crippen LogP contribution < -0.4 is 5.32 Å². The highest BCUT2D eigenvalue weighted by Gasteiger charge is 2.18. The van der Waals surface area contributed by atoms with Gasteiger partial charge in [-0.3, -0.25) is 4.68 Å². The highest BCUT2D eigenvalue weighted by atomic mass is 16.2. The van der Waals surface area contributed by atoms with Crippen LogP contribution in [0.4, 0.5) is 0 Å². The molecule has 0 amide bonds. The Kier molecular flexibility index (Phi) is 3.96. The minimum atomic E-state index is 0.262. The molecular weight excluding hydrogens is 202 g/mol. The van der Waals surface area contributed by atoms with Crippen molar-refractivity contribution in [3.05, 3.63) is 17.5 Å². The van der Waals surface area contributed by atoms with Gasteiger partial charge >= 0.3 is 0 Å². The molecule has 2 N–H and O–H groups in total. The van der Waals surface area contributed by atoms with Gasteiger partial charge in [-0.15, -0.1) is 0 Å². The number of nitrogens with one attached hydrogen (secondary N) is 1. The average molecular weight is 223 g/mol. The molecule has 0 spiro atoms. The van der Waals surface area contributed by atoms with Crippen molar-refractivity contribution in [2.24, 2.45) is 0 Å². The maximum absolute atomic E-state index is 8.84. The standard InChI is InChI=1S/C12H21N3O/c1-10-11(3-2-8-16)9-14-15(10)12-4-6-13-7-5-12/h9,12-13,16H,2-8H2,1H3. The van der Waals surface area contributed by atoms with Crippen LogP contribution in [0.25, 0.3) is 0 Å². The maximum atomic E-state index is 8.84. The molecule has 1 aromatic rings. The molecule has 1 aliphatic rings. The van der Waals surface area contributed by atoms with Gasteiger partial charge in [-0.1, -0.05) is 0 Å². The third kappa shape index (κ3) is 2.44. The fraction of sp³-hybridized carbons (Fsp3) is 0.750. The molecule has 0 aliphatic carbocycles. The minimum absolute atomic E-state index is 0.262. The van der Waals surface area contributed by atoms with Gasteiger partial charge in [-0.25, -0.2) is 0 Å². The Labute approximate surface area is 96.7 Å². The number of aromatic nitrogens is 2. The first kappa shape index (κ1) is 11.6. The first-order valence-corrected chi connectivity index (χ1v) is 6.17. The van der Waals surface area contributed by atoms with Crippen LogP contribution in [0.5, 0.6) is 0 Å². The quantitative estimate of drug-likeness (QED) is 0.802. The summed E-state index contributed by atoms with van der Waals surface area (Å²) in [6.07, 6.45) is 6.07. The molecule has 2 rings (SSSR count). The lowest BCUT2D eigenvalue weighted by Gasteiger charge is -2.24. The monoisotopic (exact) mass is 223 g/mol. The molecule has 0 unspecified atom stereocenters. The van der Waals surface area contributed by atoms with E-state index in [-0.39, 0.29) is 6.61 Å². The summed E-state index contributed by atoms with van der Waals surface area (Å²) in [5.74, 6) is 0. The number of hydrogen-bond donors (Lipinski definition) is 2. The van der Waals surface area contributed by atoms with E-state index in [1.54, 1.807) is 0 Å². The Hall–Kier alpha value is -0.870. The average Bonchev–Trinajstić information content (AvgIpc) is 2.69. The molecule has 16 heavy (non-hydrogen) atoms. The summed E-state index contributed by atoms with van der Waals surface area (Å²) in [5, 5.41) is 16.7. The highest BCUT2D eigenvalue weighted by Crippen LogP contribution is 2.21. The van der Waals surface area contributed by atoms with E-state index in [2.05, 4.69) is 22.0 Å². The van der Waals surface area contributed by atoms with Crippen molar-refractivity contribution in [2.75, 3.05) is 19.7 Å². The van der Waals surface area contributed by atoms with Crippen LogP contribution in [0.2, 0.25) is 0 Å². The number of rotatable bonds is 4. The summed E-state index contributed by atoms with van der Waals surface area (Å²) in [6.45, 7) is 4.59. The molecule has 0 atom stereocenters. The summed E-state index contributed by atoms with van der Waals surface area (Å²) in [6, 6.07) is 0.559. The largest absolute Gasteiger partial charge is 0.396 e. The zero-order chi connectivity index (χ0) is 11.4. The van der Waals surface area contributed by atoms with Gasteiger partial charge in [0.25, 0.3) is 0 Å². The molecule has 0 bridgehead atoms. The van der Waals surface area contributed by atoms with Crippen molar-refractivity contribution in [3.63, 3.8) is 0 Å². The molecular formula is C12H21N3O. The van der Waals surface area contributed by atoms with Crippen molar-refractivity contribution in [1.82, 2.24) is 15.1 Å². The lowest BCUT2D eigenvalue weighted by atomic mass is 10.1.